The van der Waals surface area contributed by atoms with Crippen molar-refractivity contribution in [1.82, 2.24) is 39.5 Å². The van der Waals surface area contributed by atoms with Crippen molar-refractivity contribution in [2.75, 3.05) is 56.4 Å². The monoisotopic (exact) mass is 1100 g/mol. The second kappa shape index (κ2) is 33.3. The van der Waals surface area contributed by atoms with Gasteiger partial charge in [-0.3, -0.25) is 19.2 Å². The van der Waals surface area contributed by atoms with E-state index in [4.69, 9.17) is 22.9 Å². The summed E-state index contributed by atoms with van der Waals surface area (Å²) in [7, 11) is 13.5. The van der Waals surface area contributed by atoms with Crippen LogP contribution in [-0.4, -0.2) is 198 Å². The van der Waals surface area contributed by atoms with E-state index in [0.717, 1.165) is 25.6 Å². The molecule has 0 spiro atoms. The van der Waals surface area contributed by atoms with Crippen LogP contribution in [0.5, 0.6) is 0 Å². The zero-order valence-corrected chi connectivity index (χ0v) is 40.9. The van der Waals surface area contributed by atoms with Gasteiger partial charge in [-0.25, -0.2) is 0 Å². The minimum absolute atomic E-state index is 0.100. The summed E-state index contributed by atoms with van der Waals surface area (Å²) in [6.45, 7) is 0. The van der Waals surface area contributed by atoms with Crippen LogP contribution in [-0.2, 0) is 19.2 Å². The first kappa shape index (κ1) is 56.5. The molecule has 0 saturated carbocycles. The van der Waals surface area contributed by atoms with Crippen LogP contribution in [0.3, 0.4) is 0 Å². The number of carbonyl (C=O) groups excluding carboxylic acids is 8. The van der Waals surface area contributed by atoms with Crippen LogP contribution in [0.15, 0.2) is 73.3 Å². The van der Waals surface area contributed by atoms with E-state index >= 15 is 0 Å². The predicted molar refractivity (Wildman–Crippen MR) is 232 cm³/mol. The summed E-state index contributed by atoms with van der Waals surface area (Å²) in [5, 5.41) is 0. The molecule has 0 aliphatic carbocycles. The molecule has 24 heteroatoms. The number of carbonyl (C=O) groups is 8. The Morgan fingerprint density at radius 1 is 0.400 bits per heavy atom. The third-order valence-corrected chi connectivity index (χ3v) is 18.5. The van der Waals surface area contributed by atoms with Crippen molar-refractivity contribution in [3.05, 3.63) is 95.6 Å². The number of amides is 8. The van der Waals surface area contributed by atoms with Crippen LogP contribution in [0.25, 0.3) is 0 Å². The Morgan fingerprint density at radius 2 is 0.550 bits per heavy atom. The van der Waals surface area contributed by atoms with Gasteiger partial charge in [-0.05, 0) is 0 Å². The SMILES string of the molecule is CN(C)C=O.CN(C)C=O.CN(C)C=O.CN(C)C=O.NC(=O)c1cccnc1[Se][Se]c1ncccc1C(N)=O.NC(=O)c1cccnc1[Se][Se]c1ncccc1C(N)=O. The topological polar surface area (TPSA) is 305 Å². The zero-order valence-electron chi connectivity index (χ0n) is 34.0. The Bertz CT molecular complexity index is 1700. The maximum atomic E-state index is 11.3. The predicted octanol–water partition coefficient (Wildman–Crippen LogP) is -5.29. The van der Waals surface area contributed by atoms with Crippen molar-refractivity contribution >= 4 is 120 Å². The Morgan fingerprint density at radius 3 is 0.667 bits per heavy atom. The first-order valence-corrected chi connectivity index (χ1v) is 28.5. The summed E-state index contributed by atoms with van der Waals surface area (Å²) < 4.78 is 2.70. The molecule has 0 aromatic carbocycles. The molecule has 0 aliphatic heterocycles. The van der Waals surface area contributed by atoms with E-state index in [1.54, 1.807) is 130 Å². The number of pyridine rings is 4. The Hall–Kier alpha value is -5.56. The molecule has 0 fully saturated rings. The van der Waals surface area contributed by atoms with Crippen LogP contribution in [0, 0.1) is 0 Å². The molecule has 8 N–H and O–H groups in total. The van der Waals surface area contributed by atoms with Crippen molar-refractivity contribution in [3.8, 4) is 0 Å². The van der Waals surface area contributed by atoms with E-state index in [1.807, 2.05) is 0 Å². The number of hydrogen-bond acceptors (Lipinski definition) is 12. The van der Waals surface area contributed by atoms with Crippen LogP contribution >= 0.6 is 0 Å². The summed E-state index contributed by atoms with van der Waals surface area (Å²) >= 11 is -0.400. The minimum atomic E-state index is -0.498. The van der Waals surface area contributed by atoms with Crippen LogP contribution in [0.1, 0.15) is 41.4 Å². The molecule has 0 radical (unpaired) electrons. The number of aromatic nitrogens is 4. The molecular formula is C36H48N12O8Se4. The normalized spacial score (nSPS) is 9.07. The second-order valence-electron chi connectivity index (χ2n) is 11.5. The number of hydrogen-bond donors (Lipinski definition) is 4. The Labute approximate surface area is 370 Å². The standard InChI is InChI=1S/2C12H10N4O2Se2.4C3H7NO/c2*13-9(17)7-3-1-5-15-11(7)19-20-12-8(10(14)18)4-2-6-16-12;4*1-4(2)3-5/h2*1-6H,(H2,13,17)(H2,14,18);4*3H,1-2H3. The molecule has 0 bridgehead atoms. The van der Waals surface area contributed by atoms with Gasteiger partial charge in [0.1, 0.15) is 0 Å². The summed E-state index contributed by atoms with van der Waals surface area (Å²) in [5.74, 6) is -1.99. The Balaban J connectivity index is 0. The van der Waals surface area contributed by atoms with Crippen molar-refractivity contribution in [2.24, 2.45) is 22.9 Å². The van der Waals surface area contributed by atoms with Crippen molar-refractivity contribution in [3.63, 3.8) is 0 Å². The van der Waals surface area contributed by atoms with E-state index < -0.39 is 23.6 Å². The summed E-state index contributed by atoms with van der Waals surface area (Å²) in [6, 6.07) is 13.3. The molecule has 0 aliphatic rings. The fourth-order valence-electron chi connectivity index (χ4n) is 2.74. The molecule has 0 saturated heterocycles. The van der Waals surface area contributed by atoms with Crippen LogP contribution < -0.4 is 41.3 Å². The van der Waals surface area contributed by atoms with Gasteiger partial charge in [-0.15, -0.1) is 0 Å². The number of primary amides is 4. The van der Waals surface area contributed by atoms with Crippen molar-refractivity contribution < 1.29 is 38.4 Å². The van der Waals surface area contributed by atoms with Gasteiger partial charge in [0, 0.05) is 56.4 Å². The van der Waals surface area contributed by atoms with Gasteiger partial charge < -0.3 is 19.6 Å². The molecule has 0 unspecified atom stereocenters. The fourth-order valence-corrected chi connectivity index (χ4v) is 15.7. The second-order valence-corrected chi connectivity index (χ2v) is 23.4. The number of nitrogens with zero attached hydrogens (tertiary/aromatic N) is 8. The van der Waals surface area contributed by atoms with Gasteiger partial charge in [0.2, 0.25) is 25.6 Å². The van der Waals surface area contributed by atoms with E-state index in [9.17, 15) is 38.4 Å². The summed E-state index contributed by atoms with van der Waals surface area (Å²) in [5.41, 5.74) is 22.9. The number of rotatable bonds is 14. The van der Waals surface area contributed by atoms with E-state index in [1.165, 1.54) is 19.6 Å². The molecule has 4 heterocycles. The van der Waals surface area contributed by atoms with Gasteiger partial charge in [0.15, 0.2) is 0 Å². The molecule has 324 valence electrons. The zero-order chi connectivity index (χ0) is 46.2. The average Bonchev–Trinajstić information content (AvgIpc) is 3.23. The van der Waals surface area contributed by atoms with Crippen LogP contribution in [0.4, 0.5) is 0 Å². The van der Waals surface area contributed by atoms with Crippen LogP contribution in [0.2, 0.25) is 0 Å². The third kappa shape index (κ3) is 26.4. The molecule has 20 nitrogen and oxygen atoms in total. The van der Waals surface area contributed by atoms with Crippen molar-refractivity contribution in [2.45, 2.75) is 0 Å². The van der Waals surface area contributed by atoms with Gasteiger partial charge >= 0.3 is 252 Å². The average molecular weight is 1090 g/mol. The molecule has 60 heavy (non-hydrogen) atoms. The molecule has 4 rings (SSSR count). The third-order valence-electron chi connectivity index (χ3n) is 5.39. The van der Waals surface area contributed by atoms with Gasteiger partial charge in [-0.1, -0.05) is 0 Å². The van der Waals surface area contributed by atoms with E-state index in [-0.39, 0.29) is 52.5 Å². The number of nitrogens with two attached hydrogens (primary N) is 4. The van der Waals surface area contributed by atoms with Crippen molar-refractivity contribution in [1.29, 1.82) is 0 Å². The fraction of sp³-hybridized carbons (Fsp3) is 0.222. The van der Waals surface area contributed by atoms with E-state index in [2.05, 4.69) is 19.9 Å². The van der Waals surface area contributed by atoms with E-state index in [0.29, 0.717) is 40.6 Å². The first-order valence-electron chi connectivity index (χ1n) is 16.4. The molecule has 4 aromatic heterocycles. The molecule has 4 aromatic rings. The van der Waals surface area contributed by atoms with Gasteiger partial charge in [0.05, 0.1) is 0 Å². The molecule has 0 atom stereocenters. The molecular weight excluding hydrogens is 1040 g/mol. The summed E-state index contributed by atoms with van der Waals surface area (Å²) in [6.07, 6.45) is 9.47. The quantitative estimate of drug-likeness (QED) is 0.0681. The van der Waals surface area contributed by atoms with Gasteiger partial charge in [0.25, 0.3) is 0 Å². The molecule has 8 amide bonds. The van der Waals surface area contributed by atoms with Gasteiger partial charge in [-0.2, -0.15) is 0 Å². The maximum absolute atomic E-state index is 11.3. The summed E-state index contributed by atoms with van der Waals surface area (Å²) in [4.78, 5) is 106. The first-order chi connectivity index (χ1) is 28.3. The Kier molecular flexibility index (Phi) is 31.4.